The monoisotopic (exact) mass is 290 g/mol. The summed E-state index contributed by atoms with van der Waals surface area (Å²) < 4.78 is 0. The normalized spacial score (nSPS) is 19.4. The lowest BCUT2D eigenvalue weighted by atomic mass is 10.0. The zero-order valence-electron chi connectivity index (χ0n) is 12.0. The molecule has 21 heavy (non-hydrogen) atoms. The zero-order valence-corrected chi connectivity index (χ0v) is 12.0. The van der Waals surface area contributed by atoms with E-state index in [9.17, 15) is 14.4 Å². The third kappa shape index (κ3) is 3.39. The van der Waals surface area contributed by atoms with Gasteiger partial charge in [0.15, 0.2) is 0 Å². The number of likely N-dealkylation sites (tertiary alicyclic amines) is 1. The van der Waals surface area contributed by atoms with Gasteiger partial charge in [-0.3, -0.25) is 14.4 Å². The van der Waals surface area contributed by atoms with Crippen LogP contribution in [0.2, 0.25) is 0 Å². The lowest BCUT2D eigenvalue weighted by Crippen LogP contribution is -2.25. The zero-order chi connectivity index (χ0) is 15.6. The number of nitrogens with one attached hydrogen (secondary N) is 1. The van der Waals surface area contributed by atoms with E-state index in [1.54, 1.807) is 38.2 Å². The molecule has 2 rings (SSSR count). The van der Waals surface area contributed by atoms with Crippen molar-refractivity contribution in [2.24, 2.45) is 5.92 Å². The number of carbonyl (C=O) groups is 3. The summed E-state index contributed by atoms with van der Waals surface area (Å²) in [5.41, 5.74) is 1.17. The summed E-state index contributed by atoms with van der Waals surface area (Å²) in [5.74, 6) is -2.16. The molecular formula is C15H18N2O4. The van der Waals surface area contributed by atoms with Crippen molar-refractivity contribution in [3.05, 3.63) is 29.8 Å². The molecule has 2 atom stereocenters. The maximum atomic E-state index is 12.1. The van der Waals surface area contributed by atoms with Gasteiger partial charge >= 0.3 is 5.97 Å². The Hall–Kier alpha value is -2.37. The number of anilines is 1. The summed E-state index contributed by atoms with van der Waals surface area (Å²) in [7, 11) is 1.67. The number of hydrogen-bond acceptors (Lipinski definition) is 3. The third-order valence-corrected chi connectivity index (χ3v) is 3.74. The highest BCUT2D eigenvalue weighted by atomic mass is 16.4. The molecule has 6 heteroatoms. The van der Waals surface area contributed by atoms with Gasteiger partial charge in [-0.1, -0.05) is 12.1 Å². The van der Waals surface area contributed by atoms with E-state index in [1.165, 1.54) is 4.90 Å². The average Bonchev–Trinajstić information content (AvgIpc) is 2.78. The molecule has 1 heterocycles. The molecule has 1 aromatic rings. The summed E-state index contributed by atoms with van der Waals surface area (Å²) in [6.07, 6.45) is 0.216. The molecule has 0 saturated carbocycles. The van der Waals surface area contributed by atoms with Crippen molar-refractivity contribution < 1.29 is 19.5 Å². The smallest absolute Gasteiger partial charge is 0.310 e. The van der Waals surface area contributed by atoms with Crippen LogP contribution < -0.4 is 5.32 Å². The molecule has 1 saturated heterocycles. The van der Waals surface area contributed by atoms with Crippen molar-refractivity contribution in [3.63, 3.8) is 0 Å². The molecule has 0 aliphatic carbocycles. The second-order valence-electron chi connectivity index (χ2n) is 5.35. The number of benzene rings is 1. The Bertz CT molecular complexity index is 585. The Morgan fingerprint density at radius 1 is 1.43 bits per heavy atom. The molecule has 0 aromatic heterocycles. The third-order valence-electron chi connectivity index (χ3n) is 3.74. The minimum absolute atomic E-state index is 0.0385. The number of aliphatic carboxylic acids is 1. The van der Waals surface area contributed by atoms with Crippen LogP contribution >= 0.6 is 0 Å². The van der Waals surface area contributed by atoms with E-state index in [0.717, 1.165) is 0 Å². The van der Waals surface area contributed by atoms with Crippen LogP contribution in [0.3, 0.4) is 0 Å². The summed E-state index contributed by atoms with van der Waals surface area (Å²) in [6, 6.07) is 6.77. The Morgan fingerprint density at radius 3 is 2.71 bits per heavy atom. The van der Waals surface area contributed by atoms with Gasteiger partial charge < -0.3 is 15.3 Å². The highest BCUT2D eigenvalue weighted by molar-refractivity contribution is 5.97. The molecule has 1 aliphatic rings. The van der Waals surface area contributed by atoms with Crippen molar-refractivity contribution in [2.45, 2.75) is 19.3 Å². The molecule has 2 unspecified atom stereocenters. The molecule has 6 nitrogen and oxygen atoms in total. The highest BCUT2D eigenvalue weighted by Crippen LogP contribution is 2.22. The van der Waals surface area contributed by atoms with Crippen LogP contribution in [0.5, 0.6) is 0 Å². The predicted molar refractivity (Wildman–Crippen MR) is 76.9 cm³/mol. The fourth-order valence-electron chi connectivity index (χ4n) is 2.31. The SMILES string of the molecule is CC(C(=O)O)c1cccc(NC(=O)C2CC(=O)N(C)C2)c1. The highest BCUT2D eigenvalue weighted by Gasteiger charge is 2.32. The summed E-state index contributed by atoms with van der Waals surface area (Å²) in [6.45, 7) is 2.00. The van der Waals surface area contributed by atoms with Crippen LogP contribution in [0.4, 0.5) is 5.69 Å². The number of amides is 2. The number of nitrogens with zero attached hydrogens (tertiary/aromatic N) is 1. The van der Waals surface area contributed by atoms with E-state index in [1.807, 2.05) is 0 Å². The van der Waals surface area contributed by atoms with Gasteiger partial charge in [0, 0.05) is 25.7 Å². The van der Waals surface area contributed by atoms with E-state index in [2.05, 4.69) is 5.32 Å². The standard InChI is InChI=1S/C15H18N2O4/c1-9(15(20)21)10-4-3-5-12(6-10)16-14(19)11-7-13(18)17(2)8-11/h3-6,9,11H,7-8H2,1-2H3,(H,16,19)(H,20,21). The van der Waals surface area contributed by atoms with E-state index in [-0.39, 0.29) is 24.2 Å². The number of carboxylic acids is 1. The first-order chi connectivity index (χ1) is 9.88. The second-order valence-corrected chi connectivity index (χ2v) is 5.35. The Morgan fingerprint density at radius 2 is 2.14 bits per heavy atom. The first-order valence-corrected chi connectivity index (χ1v) is 6.76. The van der Waals surface area contributed by atoms with Gasteiger partial charge in [-0.15, -0.1) is 0 Å². The van der Waals surface area contributed by atoms with E-state index >= 15 is 0 Å². The largest absolute Gasteiger partial charge is 0.481 e. The van der Waals surface area contributed by atoms with Gasteiger partial charge in [-0.25, -0.2) is 0 Å². The van der Waals surface area contributed by atoms with Crippen LogP contribution in [0.15, 0.2) is 24.3 Å². The molecule has 0 radical (unpaired) electrons. The number of carboxylic acid groups (broad SMARTS) is 1. The maximum Gasteiger partial charge on any atom is 0.310 e. The average molecular weight is 290 g/mol. The number of rotatable bonds is 4. The summed E-state index contributed by atoms with van der Waals surface area (Å²) in [5, 5.41) is 11.8. The lowest BCUT2D eigenvalue weighted by Gasteiger charge is -2.13. The number of carbonyl (C=O) groups excluding carboxylic acids is 2. The lowest BCUT2D eigenvalue weighted by molar-refractivity contribution is -0.138. The van der Waals surface area contributed by atoms with E-state index in [0.29, 0.717) is 17.8 Å². The van der Waals surface area contributed by atoms with Crippen LogP contribution in [-0.4, -0.2) is 41.4 Å². The maximum absolute atomic E-state index is 12.1. The van der Waals surface area contributed by atoms with Gasteiger partial charge in [-0.2, -0.15) is 0 Å². The van der Waals surface area contributed by atoms with Crippen molar-refractivity contribution >= 4 is 23.5 Å². The Kier molecular flexibility index (Phi) is 4.26. The molecular weight excluding hydrogens is 272 g/mol. The Balaban J connectivity index is 2.06. The molecule has 1 fully saturated rings. The Labute approximate surface area is 122 Å². The molecule has 0 bridgehead atoms. The van der Waals surface area contributed by atoms with E-state index in [4.69, 9.17) is 5.11 Å². The van der Waals surface area contributed by atoms with Gasteiger partial charge in [0.1, 0.15) is 0 Å². The van der Waals surface area contributed by atoms with Crippen LogP contribution in [0, 0.1) is 5.92 Å². The minimum atomic E-state index is -0.915. The fraction of sp³-hybridized carbons (Fsp3) is 0.400. The van der Waals surface area contributed by atoms with Gasteiger partial charge in [-0.05, 0) is 24.6 Å². The topological polar surface area (TPSA) is 86.7 Å². The van der Waals surface area contributed by atoms with Crippen LogP contribution in [-0.2, 0) is 14.4 Å². The van der Waals surface area contributed by atoms with Gasteiger partial charge in [0.25, 0.3) is 0 Å². The van der Waals surface area contributed by atoms with E-state index < -0.39 is 11.9 Å². The first kappa shape index (κ1) is 15.0. The quantitative estimate of drug-likeness (QED) is 0.875. The molecule has 112 valence electrons. The first-order valence-electron chi connectivity index (χ1n) is 6.76. The summed E-state index contributed by atoms with van der Waals surface area (Å²) >= 11 is 0. The predicted octanol–water partition coefficient (Wildman–Crippen LogP) is 1.29. The van der Waals surface area contributed by atoms with Crippen molar-refractivity contribution in [3.8, 4) is 0 Å². The van der Waals surface area contributed by atoms with Crippen LogP contribution in [0.1, 0.15) is 24.8 Å². The molecule has 1 aromatic carbocycles. The molecule has 1 aliphatic heterocycles. The molecule has 0 spiro atoms. The van der Waals surface area contributed by atoms with Crippen LogP contribution in [0.25, 0.3) is 0 Å². The van der Waals surface area contributed by atoms with Crippen molar-refractivity contribution in [1.82, 2.24) is 4.90 Å². The van der Waals surface area contributed by atoms with Gasteiger partial charge in [0.2, 0.25) is 11.8 Å². The molecule has 2 N–H and O–H groups in total. The minimum Gasteiger partial charge on any atom is -0.481 e. The van der Waals surface area contributed by atoms with Crippen molar-refractivity contribution in [2.75, 3.05) is 18.9 Å². The molecule has 2 amide bonds. The summed E-state index contributed by atoms with van der Waals surface area (Å²) in [4.78, 5) is 36.1. The number of hydrogen-bond donors (Lipinski definition) is 2. The van der Waals surface area contributed by atoms with Crippen molar-refractivity contribution in [1.29, 1.82) is 0 Å². The van der Waals surface area contributed by atoms with Gasteiger partial charge in [0.05, 0.1) is 11.8 Å². The fourth-order valence-corrected chi connectivity index (χ4v) is 2.31. The second kappa shape index (κ2) is 5.95.